The Morgan fingerprint density at radius 2 is 0.919 bits per heavy atom. The predicted octanol–water partition coefficient (Wildman–Crippen LogP) is 5.40. The molecule has 0 atom stereocenters. The van der Waals surface area contributed by atoms with Gasteiger partial charge in [0.25, 0.3) is 0 Å². The predicted molar refractivity (Wildman–Crippen MR) is 137 cm³/mol. The van der Waals surface area contributed by atoms with E-state index >= 15 is 0 Å². The Kier molecular flexibility index (Phi) is 8.15. The number of rotatable bonds is 9. The van der Waals surface area contributed by atoms with Crippen LogP contribution in [-0.2, 0) is 41.1 Å². The number of nitrogens with zero attached hydrogens (tertiary/aromatic N) is 1. The topological polar surface area (TPSA) is 83.8 Å². The molecule has 7 nitrogen and oxygen atoms in total. The Balaban J connectivity index is 1.64. The van der Waals surface area contributed by atoms with Gasteiger partial charge in [-0.1, -0.05) is 91.0 Å². The van der Waals surface area contributed by atoms with Crippen LogP contribution in [-0.4, -0.2) is 22.5 Å². The van der Waals surface area contributed by atoms with Crippen LogP contribution in [0.4, 0.5) is 0 Å². The van der Waals surface area contributed by atoms with Crippen LogP contribution >= 0.6 is 0 Å². The van der Waals surface area contributed by atoms with Gasteiger partial charge in [-0.05, 0) is 23.6 Å². The first-order chi connectivity index (χ1) is 18.0. The fraction of sp³-hybridized carbons (Fsp3) is 0.167. The molecule has 1 heterocycles. The highest BCUT2D eigenvalue weighted by molar-refractivity contribution is 6.11. The number of esters is 3. The molecule has 0 radical (unpaired) electrons. The van der Waals surface area contributed by atoms with E-state index in [0.717, 1.165) is 16.7 Å². The summed E-state index contributed by atoms with van der Waals surface area (Å²) in [6.07, 6.45) is 0. The van der Waals surface area contributed by atoms with E-state index in [1.54, 1.807) is 14.0 Å². The van der Waals surface area contributed by atoms with E-state index in [-0.39, 0.29) is 36.6 Å². The average Bonchev–Trinajstić information content (AvgIpc) is 3.21. The zero-order valence-corrected chi connectivity index (χ0v) is 20.7. The van der Waals surface area contributed by atoms with Crippen LogP contribution in [0.2, 0.25) is 0 Å². The Bertz CT molecular complexity index is 1300. The van der Waals surface area contributed by atoms with Crippen LogP contribution in [0.1, 0.15) is 53.6 Å². The Hall–Kier alpha value is -4.65. The maximum atomic E-state index is 13.3. The highest BCUT2D eigenvalue weighted by Gasteiger charge is 2.34. The molecular formula is C30H27NO6. The average molecular weight is 498 g/mol. The lowest BCUT2D eigenvalue weighted by Crippen LogP contribution is -2.18. The van der Waals surface area contributed by atoms with Crippen molar-refractivity contribution in [3.63, 3.8) is 0 Å². The number of hydrogen-bond donors (Lipinski definition) is 0. The fourth-order valence-electron chi connectivity index (χ4n) is 3.87. The molecule has 0 N–H and O–H groups in total. The monoisotopic (exact) mass is 497 g/mol. The van der Waals surface area contributed by atoms with Gasteiger partial charge in [0.15, 0.2) is 0 Å². The summed E-state index contributed by atoms with van der Waals surface area (Å²) >= 11 is 0. The molecule has 188 valence electrons. The van der Waals surface area contributed by atoms with Crippen molar-refractivity contribution < 1.29 is 28.6 Å². The summed E-state index contributed by atoms with van der Waals surface area (Å²) in [6.45, 7) is 1.64. The van der Waals surface area contributed by atoms with Gasteiger partial charge in [0.2, 0.25) is 0 Å². The van der Waals surface area contributed by atoms with Crippen molar-refractivity contribution in [2.75, 3.05) is 0 Å². The molecule has 0 fully saturated rings. The lowest BCUT2D eigenvalue weighted by atomic mass is 10.1. The molecule has 0 aliphatic rings. The largest absolute Gasteiger partial charge is 0.457 e. The summed E-state index contributed by atoms with van der Waals surface area (Å²) in [5.41, 5.74) is 2.47. The molecule has 1 aromatic heterocycles. The van der Waals surface area contributed by atoms with Crippen molar-refractivity contribution in [2.24, 2.45) is 7.05 Å². The van der Waals surface area contributed by atoms with E-state index in [4.69, 9.17) is 14.2 Å². The van der Waals surface area contributed by atoms with Crippen molar-refractivity contribution in [1.82, 2.24) is 4.57 Å². The van der Waals surface area contributed by atoms with Gasteiger partial charge < -0.3 is 18.8 Å². The van der Waals surface area contributed by atoms with Crippen molar-refractivity contribution in [2.45, 2.75) is 26.7 Å². The van der Waals surface area contributed by atoms with Crippen LogP contribution in [0.5, 0.6) is 0 Å². The van der Waals surface area contributed by atoms with Crippen LogP contribution in [0.3, 0.4) is 0 Å². The molecule has 4 rings (SSSR count). The van der Waals surface area contributed by atoms with Gasteiger partial charge in [-0.3, -0.25) is 0 Å². The van der Waals surface area contributed by atoms with E-state index < -0.39 is 17.9 Å². The van der Waals surface area contributed by atoms with Gasteiger partial charge in [-0.25, -0.2) is 14.4 Å². The lowest BCUT2D eigenvalue weighted by molar-refractivity contribution is 0.0404. The van der Waals surface area contributed by atoms with E-state index in [0.29, 0.717) is 5.69 Å². The molecule has 0 unspecified atom stereocenters. The smallest absolute Gasteiger partial charge is 0.356 e. The van der Waals surface area contributed by atoms with E-state index in [2.05, 4.69) is 0 Å². The molecule has 0 aliphatic carbocycles. The summed E-state index contributed by atoms with van der Waals surface area (Å²) in [5.74, 6) is -2.29. The second-order valence-electron chi connectivity index (χ2n) is 8.43. The van der Waals surface area contributed by atoms with Gasteiger partial charge in [0.05, 0.1) is 5.56 Å². The number of benzene rings is 3. The highest BCUT2D eigenvalue weighted by atomic mass is 16.5. The molecule has 7 heteroatoms. The summed E-state index contributed by atoms with van der Waals surface area (Å²) in [7, 11) is 1.59. The number of carbonyl (C=O) groups excluding carboxylic acids is 3. The number of hydrogen-bond acceptors (Lipinski definition) is 6. The number of carbonyl (C=O) groups is 3. The molecule has 0 saturated carbocycles. The third-order valence-electron chi connectivity index (χ3n) is 5.93. The summed E-state index contributed by atoms with van der Waals surface area (Å²) in [6, 6.07) is 27.5. The van der Waals surface area contributed by atoms with Crippen molar-refractivity contribution in [1.29, 1.82) is 0 Å². The molecule has 37 heavy (non-hydrogen) atoms. The molecule has 0 spiro atoms. The molecule has 0 amide bonds. The fourth-order valence-corrected chi connectivity index (χ4v) is 3.87. The molecule has 3 aromatic carbocycles. The quantitative estimate of drug-likeness (QED) is 0.227. The minimum atomic E-state index is -0.814. The minimum absolute atomic E-state index is 0.0101. The van der Waals surface area contributed by atoms with Crippen LogP contribution in [0.15, 0.2) is 91.0 Å². The van der Waals surface area contributed by atoms with Gasteiger partial charge in [0.1, 0.15) is 31.1 Å². The first-order valence-corrected chi connectivity index (χ1v) is 11.8. The Labute approximate surface area is 215 Å². The third kappa shape index (κ3) is 6.13. The van der Waals surface area contributed by atoms with Gasteiger partial charge in [0, 0.05) is 12.7 Å². The standard InChI is InChI=1S/C30H27NO6/c1-21-25(28(32)35-18-22-12-6-3-7-13-22)26(29(33)36-19-23-14-8-4-9-15-23)27(31(21)2)30(34)37-20-24-16-10-5-11-17-24/h3-17H,18-20H2,1-2H3. The lowest BCUT2D eigenvalue weighted by Gasteiger charge is -2.10. The zero-order chi connectivity index (χ0) is 26.2. The second kappa shape index (κ2) is 11.9. The van der Waals surface area contributed by atoms with Crippen molar-refractivity contribution >= 4 is 17.9 Å². The van der Waals surface area contributed by atoms with Crippen LogP contribution in [0.25, 0.3) is 0 Å². The van der Waals surface area contributed by atoms with Crippen LogP contribution in [0, 0.1) is 6.92 Å². The van der Waals surface area contributed by atoms with Crippen molar-refractivity contribution in [3.8, 4) is 0 Å². The number of ether oxygens (including phenoxy) is 3. The van der Waals surface area contributed by atoms with Gasteiger partial charge in [-0.2, -0.15) is 0 Å². The zero-order valence-electron chi connectivity index (χ0n) is 20.7. The first kappa shape index (κ1) is 25.4. The van der Waals surface area contributed by atoms with Gasteiger partial charge in [-0.15, -0.1) is 0 Å². The first-order valence-electron chi connectivity index (χ1n) is 11.8. The molecule has 0 bridgehead atoms. The molecular weight excluding hydrogens is 470 g/mol. The number of aromatic nitrogens is 1. The minimum Gasteiger partial charge on any atom is -0.457 e. The maximum absolute atomic E-state index is 13.3. The van der Waals surface area contributed by atoms with E-state index in [1.165, 1.54) is 4.57 Å². The van der Waals surface area contributed by atoms with Gasteiger partial charge >= 0.3 is 17.9 Å². The summed E-state index contributed by atoms with van der Waals surface area (Å²) < 4.78 is 18.0. The van der Waals surface area contributed by atoms with E-state index in [1.807, 2.05) is 91.0 Å². The van der Waals surface area contributed by atoms with E-state index in [9.17, 15) is 14.4 Å². The SMILES string of the molecule is Cc1c(C(=O)OCc2ccccc2)c(C(=O)OCc2ccccc2)c(C(=O)OCc2ccccc2)n1C. The maximum Gasteiger partial charge on any atom is 0.356 e. The van der Waals surface area contributed by atoms with Crippen LogP contribution < -0.4 is 0 Å². The highest BCUT2D eigenvalue weighted by Crippen LogP contribution is 2.26. The molecule has 0 saturated heterocycles. The second-order valence-corrected chi connectivity index (χ2v) is 8.43. The Morgan fingerprint density at radius 3 is 1.32 bits per heavy atom. The molecule has 4 aromatic rings. The molecule has 0 aliphatic heterocycles. The van der Waals surface area contributed by atoms with Crippen molar-refractivity contribution in [3.05, 3.63) is 130 Å². The summed E-state index contributed by atoms with van der Waals surface area (Å²) in [5, 5.41) is 0. The Morgan fingerprint density at radius 1 is 0.568 bits per heavy atom. The normalized spacial score (nSPS) is 10.5. The summed E-state index contributed by atoms with van der Waals surface area (Å²) in [4.78, 5) is 39.7. The third-order valence-corrected chi connectivity index (χ3v) is 5.93.